The highest BCUT2D eigenvalue weighted by Crippen LogP contribution is 2.31. The van der Waals surface area contributed by atoms with Crippen LogP contribution in [0.1, 0.15) is 15.4 Å². The van der Waals surface area contributed by atoms with E-state index >= 15 is 0 Å². The lowest BCUT2D eigenvalue weighted by atomic mass is 10.2. The Bertz CT molecular complexity index is 769. The molecule has 0 saturated carbocycles. The minimum atomic E-state index is -3.80. The topological polar surface area (TPSA) is 106 Å². The summed E-state index contributed by atoms with van der Waals surface area (Å²) in [6, 6.07) is 6.11. The van der Waals surface area contributed by atoms with Crippen LogP contribution in [0.5, 0.6) is 0 Å². The molecule has 98 valence electrons. The molecule has 0 saturated heterocycles. The van der Waals surface area contributed by atoms with E-state index in [2.05, 4.69) is 10.2 Å². The van der Waals surface area contributed by atoms with Gasteiger partial charge in [0.15, 0.2) is 0 Å². The van der Waals surface area contributed by atoms with Gasteiger partial charge in [0.2, 0.25) is 5.13 Å². The number of benzene rings is 1. The van der Waals surface area contributed by atoms with Crippen LogP contribution < -0.4 is 5.73 Å². The smallest absolute Gasteiger partial charge is 0.269 e. The standard InChI is InChI=1S/C10H8N4O3S2/c11-10-13-12-8(18-10)5-14-9(15)6-3-1-2-4-7(6)19(14,16)17/h1-4H,5H2,(H2,11,13). The van der Waals surface area contributed by atoms with Crippen molar-refractivity contribution in [1.29, 1.82) is 0 Å². The number of rotatable bonds is 2. The monoisotopic (exact) mass is 296 g/mol. The maximum atomic E-state index is 12.2. The number of hydrogen-bond donors (Lipinski definition) is 1. The minimum Gasteiger partial charge on any atom is -0.374 e. The Morgan fingerprint density at radius 3 is 2.63 bits per heavy atom. The van der Waals surface area contributed by atoms with Crippen LogP contribution in [0.25, 0.3) is 0 Å². The van der Waals surface area contributed by atoms with Crippen molar-refractivity contribution in [2.24, 2.45) is 0 Å². The van der Waals surface area contributed by atoms with E-state index in [0.29, 0.717) is 5.01 Å². The molecule has 0 radical (unpaired) electrons. The molecule has 0 fully saturated rings. The van der Waals surface area contributed by atoms with Gasteiger partial charge in [-0.2, -0.15) is 0 Å². The summed E-state index contributed by atoms with van der Waals surface area (Å²) in [5, 5.41) is 7.93. The van der Waals surface area contributed by atoms with E-state index in [9.17, 15) is 13.2 Å². The summed E-state index contributed by atoms with van der Waals surface area (Å²) in [7, 11) is -3.80. The molecule has 0 aliphatic carbocycles. The normalized spacial score (nSPS) is 16.6. The molecule has 1 aliphatic rings. The Balaban J connectivity index is 2.03. The Morgan fingerprint density at radius 1 is 1.26 bits per heavy atom. The third-order valence-electron chi connectivity index (χ3n) is 2.67. The van der Waals surface area contributed by atoms with Gasteiger partial charge >= 0.3 is 0 Å². The number of carbonyl (C=O) groups is 1. The van der Waals surface area contributed by atoms with Crippen LogP contribution >= 0.6 is 11.3 Å². The Labute approximate surface area is 112 Å². The number of hydrogen-bond acceptors (Lipinski definition) is 7. The van der Waals surface area contributed by atoms with Crippen LogP contribution in [0.15, 0.2) is 29.2 Å². The first-order valence-corrected chi connectivity index (χ1v) is 7.50. The summed E-state index contributed by atoms with van der Waals surface area (Å²) >= 11 is 1.05. The number of nitrogen functional groups attached to an aromatic ring is 1. The van der Waals surface area contributed by atoms with Crippen LogP contribution in [0.3, 0.4) is 0 Å². The number of nitrogens with zero attached hydrogens (tertiary/aromatic N) is 3. The molecule has 2 heterocycles. The van der Waals surface area contributed by atoms with Gasteiger partial charge in [-0.25, -0.2) is 12.7 Å². The molecule has 9 heteroatoms. The van der Waals surface area contributed by atoms with E-state index in [1.807, 2.05) is 0 Å². The summed E-state index contributed by atoms with van der Waals surface area (Å²) in [4.78, 5) is 12.1. The van der Waals surface area contributed by atoms with Crippen molar-refractivity contribution in [3.05, 3.63) is 34.8 Å². The predicted molar refractivity (Wildman–Crippen MR) is 67.8 cm³/mol. The minimum absolute atomic E-state index is 0.0255. The zero-order chi connectivity index (χ0) is 13.6. The molecule has 1 aliphatic heterocycles. The average molecular weight is 296 g/mol. The summed E-state index contributed by atoms with van der Waals surface area (Å²) in [5.74, 6) is -0.552. The molecule has 19 heavy (non-hydrogen) atoms. The molecule has 0 spiro atoms. The first-order valence-electron chi connectivity index (χ1n) is 5.24. The Hall–Kier alpha value is -2.00. The van der Waals surface area contributed by atoms with E-state index in [-0.39, 0.29) is 22.1 Å². The van der Waals surface area contributed by atoms with E-state index in [4.69, 9.17) is 5.73 Å². The summed E-state index contributed by atoms with van der Waals surface area (Å²) in [6.07, 6.45) is 0. The van der Waals surface area contributed by atoms with E-state index in [0.717, 1.165) is 15.6 Å². The second kappa shape index (κ2) is 4.00. The molecule has 2 N–H and O–H groups in total. The van der Waals surface area contributed by atoms with Gasteiger partial charge in [0.25, 0.3) is 15.9 Å². The van der Waals surface area contributed by atoms with E-state index in [1.165, 1.54) is 12.1 Å². The molecule has 0 unspecified atom stereocenters. The number of fused-ring (bicyclic) bond motifs is 1. The zero-order valence-electron chi connectivity index (χ0n) is 9.48. The van der Waals surface area contributed by atoms with Crippen molar-refractivity contribution in [2.75, 3.05) is 5.73 Å². The SMILES string of the molecule is Nc1nnc(CN2C(=O)c3ccccc3S2(=O)=O)s1. The fourth-order valence-corrected chi connectivity index (χ4v) is 4.05. The molecule has 1 amide bonds. The Kier molecular flexibility index (Phi) is 2.54. The van der Waals surface area contributed by atoms with Gasteiger partial charge in [-0.15, -0.1) is 10.2 Å². The van der Waals surface area contributed by atoms with Crippen LogP contribution in [-0.4, -0.2) is 28.8 Å². The van der Waals surface area contributed by atoms with Crippen molar-refractivity contribution in [3.8, 4) is 0 Å². The molecule has 3 rings (SSSR count). The quantitative estimate of drug-likeness (QED) is 0.863. The van der Waals surface area contributed by atoms with Gasteiger partial charge < -0.3 is 5.73 Å². The van der Waals surface area contributed by atoms with Crippen molar-refractivity contribution in [2.45, 2.75) is 11.4 Å². The third-order valence-corrected chi connectivity index (χ3v) is 5.20. The third kappa shape index (κ3) is 1.78. The molecule has 0 atom stereocenters. The van der Waals surface area contributed by atoms with E-state index < -0.39 is 15.9 Å². The van der Waals surface area contributed by atoms with Crippen LogP contribution in [0, 0.1) is 0 Å². The van der Waals surface area contributed by atoms with E-state index in [1.54, 1.807) is 12.1 Å². The van der Waals surface area contributed by atoms with Gasteiger partial charge in [-0.3, -0.25) is 4.79 Å². The van der Waals surface area contributed by atoms with Crippen LogP contribution in [0.4, 0.5) is 5.13 Å². The van der Waals surface area contributed by atoms with Gasteiger partial charge in [0.05, 0.1) is 12.1 Å². The highest BCUT2D eigenvalue weighted by Gasteiger charge is 2.41. The summed E-state index contributed by atoms with van der Waals surface area (Å²) in [5.41, 5.74) is 5.61. The lowest BCUT2D eigenvalue weighted by molar-refractivity contribution is 0.0864. The highest BCUT2D eigenvalue weighted by atomic mass is 32.2. The summed E-state index contributed by atoms with van der Waals surface area (Å²) < 4.78 is 25.3. The maximum absolute atomic E-state index is 12.2. The molecule has 2 aromatic rings. The molecular formula is C10H8N4O3S2. The lowest BCUT2D eigenvalue weighted by Gasteiger charge is -2.12. The van der Waals surface area contributed by atoms with Crippen LogP contribution in [0.2, 0.25) is 0 Å². The molecule has 1 aromatic heterocycles. The first-order chi connectivity index (χ1) is 9.00. The average Bonchev–Trinajstić information content (AvgIpc) is 2.87. The highest BCUT2D eigenvalue weighted by molar-refractivity contribution is 7.90. The van der Waals surface area contributed by atoms with Gasteiger partial charge in [0, 0.05) is 0 Å². The number of nitrogens with two attached hydrogens (primary N) is 1. The zero-order valence-corrected chi connectivity index (χ0v) is 11.1. The largest absolute Gasteiger partial charge is 0.374 e. The Morgan fingerprint density at radius 2 is 2.00 bits per heavy atom. The molecule has 1 aromatic carbocycles. The molecule has 0 bridgehead atoms. The second-order valence-electron chi connectivity index (χ2n) is 3.85. The van der Waals surface area contributed by atoms with Crippen molar-refractivity contribution in [3.63, 3.8) is 0 Å². The van der Waals surface area contributed by atoms with Crippen molar-refractivity contribution >= 4 is 32.4 Å². The number of anilines is 1. The lowest BCUT2D eigenvalue weighted by Crippen LogP contribution is -2.29. The number of aromatic nitrogens is 2. The number of carbonyl (C=O) groups excluding carboxylic acids is 1. The van der Waals surface area contributed by atoms with Crippen molar-refractivity contribution in [1.82, 2.24) is 14.5 Å². The van der Waals surface area contributed by atoms with Gasteiger partial charge in [-0.05, 0) is 12.1 Å². The fourth-order valence-electron chi connectivity index (χ4n) is 1.84. The summed E-state index contributed by atoms with van der Waals surface area (Å²) in [6.45, 7) is -0.148. The fraction of sp³-hybridized carbons (Fsp3) is 0.100. The molecule has 7 nitrogen and oxygen atoms in total. The van der Waals surface area contributed by atoms with Crippen molar-refractivity contribution < 1.29 is 13.2 Å². The van der Waals surface area contributed by atoms with Gasteiger partial charge in [0.1, 0.15) is 9.90 Å². The number of sulfonamides is 1. The molecular weight excluding hydrogens is 288 g/mol. The second-order valence-corrected chi connectivity index (χ2v) is 6.77. The first kappa shape index (κ1) is 12.1. The number of amides is 1. The maximum Gasteiger partial charge on any atom is 0.269 e. The van der Waals surface area contributed by atoms with Gasteiger partial charge in [-0.1, -0.05) is 23.5 Å². The predicted octanol–water partition coefficient (Wildman–Crippen LogP) is 0.465. The van der Waals surface area contributed by atoms with Crippen LogP contribution in [-0.2, 0) is 16.6 Å².